The van der Waals surface area contributed by atoms with Gasteiger partial charge in [-0.2, -0.15) is 0 Å². The SMILES string of the molecule is CC(CCO)(C(=O)O)c1cc(F)ccc1F. The number of aliphatic hydroxyl groups is 1. The normalized spacial score (nSPS) is 14.5. The van der Waals surface area contributed by atoms with Crippen LogP contribution in [0.3, 0.4) is 0 Å². The summed E-state index contributed by atoms with van der Waals surface area (Å²) in [7, 11) is 0. The molecule has 0 aliphatic carbocycles. The fraction of sp³-hybridized carbons (Fsp3) is 0.364. The fourth-order valence-electron chi connectivity index (χ4n) is 1.50. The van der Waals surface area contributed by atoms with Crippen molar-refractivity contribution in [3.05, 3.63) is 35.4 Å². The second-order valence-corrected chi connectivity index (χ2v) is 3.74. The quantitative estimate of drug-likeness (QED) is 0.827. The van der Waals surface area contributed by atoms with E-state index in [0.29, 0.717) is 0 Å². The lowest BCUT2D eigenvalue weighted by molar-refractivity contribution is -0.144. The standard InChI is InChI=1S/C11H12F2O3/c1-11(4-5-14,10(15)16)8-6-7(12)2-3-9(8)13/h2-3,6,14H,4-5H2,1H3,(H,15,16). The highest BCUT2D eigenvalue weighted by molar-refractivity contribution is 5.80. The fourth-order valence-corrected chi connectivity index (χ4v) is 1.50. The van der Waals surface area contributed by atoms with Crippen molar-refractivity contribution < 1.29 is 23.8 Å². The van der Waals surface area contributed by atoms with Gasteiger partial charge in [-0.15, -0.1) is 0 Å². The van der Waals surface area contributed by atoms with Crippen LogP contribution in [0, 0.1) is 11.6 Å². The van der Waals surface area contributed by atoms with Gasteiger partial charge in [0.15, 0.2) is 0 Å². The van der Waals surface area contributed by atoms with Gasteiger partial charge in [0, 0.05) is 12.2 Å². The molecule has 5 heteroatoms. The van der Waals surface area contributed by atoms with Crippen LogP contribution in [0.2, 0.25) is 0 Å². The Morgan fingerprint density at radius 3 is 2.56 bits per heavy atom. The minimum atomic E-state index is -1.62. The van der Waals surface area contributed by atoms with Crippen LogP contribution >= 0.6 is 0 Å². The van der Waals surface area contributed by atoms with E-state index in [4.69, 9.17) is 10.2 Å². The Hall–Kier alpha value is -1.49. The number of carboxylic acids is 1. The van der Waals surface area contributed by atoms with Gasteiger partial charge in [-0.05, 0) is 31.5 Å². The van der Waals surface area contributed by atoms with Gasteiger partial charge < -0.3 is 10.2 Å². The molecular weight excluding hydrogens is 218 g/mol. The summed E-state index contributed by atoms with van der Waals surface area (Å²) in [5.41, 5.74) is -1.88. The van der Waals surface area contributed by atoms with Crippen molar-refractivity contribution in [2.45, 2.75) is 18.8 Å². The van der Waals surface area contributed by atoms with Gasteiger partial charge in [-0.1, -0.05) is 0 Å². The maximum absolute atomic E-state index is 13.4. The first-order valence-electron chi connectivity index (χ1n) is 4.71. The van der Waals surface area contributed by atoms with E-state index in [1.165, 1.54) is 6.92 Å². The average molecular weight is 230 g/mol. The van der Waals surface area contributed by atoms with Crippen molar-refractivity contribution in [2.24, 2.45) is 0 Å². The summed E-state index contributed by atoms with van der Waals surface area (Å²) in [4.78, 5) is 11.1. The molecule has 0 fully saturated rings. The first-order chi connectivity index (χ1) is 7.41. The molecule has 0 saturated carbocycles. The van der Waals surface area contributed by atoms with Crippen molar-refractivity contribution in [3.63, 3.8) is 0 Å². The van der Waals surface area contributed by atoms with Crippen LogP contribution in [0.25, 0.3) is 0 Å². The molecule has 1 atom stereocenters. The minimum Gasteiger partial charge on any atom is -0.481 e. The molecule has 0 aliphatic rings. The van der Waals surface area contributed by atoms with E-state index < -0.39 is 29.6 Å². The van der Waals surface area contributed by atoms with E-state index in [1.54, 1.807) is 0 Å². The molecule has 0 heterocycles. The van der Waals surface area contributed by atoms with E-state index in [-0.39, 0.29) is 12.0 Å². The number of aliphatic carboxylic acids is 1. The van der Waals surface area contributed by atoms with Crippen molar-refractivity contribution >= 4 is 5.97 Å². The molecule has 0 aromatic heterocycles. The number of benzene rings is 1. The number of aliphatic hydroxyl groups excluding tert-OH is 1. The Morgan fingerprint density at radius 2 is 2.06 bits per heavy atom. The Labute approximate surface area is 91.3 Å². The van der Waals surface area contributed by atoms with Crippen LogP contribution in [0.15, 0.2) is 18.2 Å². The third kappa shape index (κ3) is 2.19. The summed E-state index contributed by atoms with van der Waals surface area (Å²) in [5.74, 6) is -2.80. The lowest BCUT2D eigenvalue weighted by Crippen LogP contribution is -2.34. The lowest BCUT2D eigenvalue weighted by atomic mass is 9.79. The Bertz CT molecular complexity index is 406. The summed E-state index contributed by atoms with van der Waals surface area (Å²) < 4.78 is 26.4. The summed E-state index contributed by atoms with van der Waals surface area (Å²) >= 11 is 0. The van der Waals surface area contributed by atoms with Crippen LogP contribution < -0.4 is 0 Å². The van der Waals surface area contributed by atoms with Crippen LogP contribution in [0.5, 0.6) is 0 Å². The summed E-state index contributed by atoms with van der Waals surface area (Å²) in [6.45, 7) is 0.835. The maximum atomic E-state index is 13.4. The van der Waals surface area contributed by atoms with Crippen molar-refractivity contribution in [1.29, 1.82) is 0 Å². The largest absolute Gasteiger partial charge is 0.481 e. The highest BCUT2D eigenvalue weighted by Crippen LogP contribution is 2.30. The van der Waals surface area contributed by atoms with Crippen molar-refractivity contribution in [1.82, 2.24) is 0 Å². The van der Waals surface area contributed by atoms with Gasteiger partial charge in [0.05, 0.1) is 5.41 Å². The highest BCUT2D eigenvalue weighted by atomic mass is 19.1. The minimum absolute atomic E-state index is 0.178. The lowest BCUT2D eigenvalue weighted by Gasteiger charge is -2.24. The van der Waals surface area contributed by atoms with Crippen LogP contribution in [0.1, 0.15) is 18.9 Å². The second kappa shape index (κ2) is 4.57. The van der Waals surface area contributed by atoms with E-state index in [2.05, 4.69) is 0 Å². The third-order valence-electron chi connectivity index (χ3n) is 2.61. The molecule has 1 aromatic rings. The monoisotopic (exact) mass is 230 g/mol. The first-order valence-corrected chi connectivity index (χ1v) is 4.71. The average Bonchev–Trinajstić information content (AvgIpc) is 2.21. The van der Waals surface area contributed by atoms with E-state index in [1.807, 2.05) is 0 Å². The highest BCUT2D eigenvalue weighted by Gasteiger charge is 2.37. The molecular formula is C11H12F2O3. The zero-order valence-corrected chi connectivity index (χ0v) is 8.70. The van der Waals surface area contributed by atoms with E-state index in [0.717, 1.165) is 18.2 Å². The van der Waals surface area contributed by atoms with Gasteiger partial charge in [-0.3, -0.25) is 4.79 Å². The smallest absolute Gasteiger partial charge is 0.314 e. The molecule has 1 rings (SSSR count). The maximum Gasteiger partial charge on any atom is 0.314 e. The van der Waals surface area contributed by atoms with Gasteiger partial charge in [0.25, 0.3) is 0 Å². The van der Waals surface area contributed by atoms with E-state index in [9.17, 15) is 13.6 Å². The molecule has 1 unspecified atom stereocenters. The predicted molar refractivity (Wildman–Crippen MR) is 53.0 cm³/mol. The van der Waals surface area contributed by atoms with Crippen molar-refractivity contribution in [2.75, 3.05) is 6.61 Å². The number of hydrogen-bond acceptors (Lipinski definition) is 2. The molecule has 88 valence electrons. The van der Waals surface area contributed by atoms with Gasteiger partial charge in [-0.25, -0.2) is 8.78 Å². The molecule has 3 nitrogen and oxygen atoms in total. The zero-order chi connectivity index (χ0) is 12.3. The van der Waals surface area contributed by atoms with Gasteiger partial charge >= 0.3 is 5.97 Å². The molecule has 2 N–H and O–H groups in total. The van der Waals surface area contributed by atoms with Crippen LogP contribution in [-0.4, -0.2) is 22.8 Å². The third-order valence-corrected chi connectivity index (χ3v) is 2.61. The summed E-state index contributed by atoms with van der Waals surface area (Å²) in [6, 6.07) is 2.64. The molecule has 0 bridgehead atoms. The molecule has 0 saturated heterocycles. The zero-order valence-electron chi connectivity index (χ0n) is 8.70. The Morgan fingerprint density at radius 1 is 1.44 bits per heavy atom. The number of halogens is 2. The van der Waals surface area contributed by atoms with Crippen molar-refractivity contribution in [3.8, 4) is 0 Å². The molecule has 1 aromatic carbocycles. The second-order valence-electron chi connectivity index (χ2n) is 3.74. The Kier molecular flexibility index (Phi) is 3.59. The number of hydrogen-bond donors (Lipinski definition) is 2. The number of rotatable bonds is 4. The molecule has 0 radical (unpaired) electrons. The Balaban J connectivity index is 3.31. The van der Waals surface area contributed by atoms with Gasteiger partial charge in [0.2, 0.25) is 0 Å². The molecule has 16 heavy (non-hydrogen) atoms. The topological polar surface area (TPSA) is 57.5 Å². The molecule has 0 spiro atoms. The predicted octanol–water partition coefficient (Wildman–Crippen LogP) is 1.69. The van der Waals surface area contributed by atoms with Gasteiger partial charge in [0.1, 0.15) is 11.6 Å². The van der Waals surface area contributed by atoms with E-state index >= 15 is 0 Å². The number of carboxylic acid groups (broad SMARTS) is 1. The summed E-state index contributed by atoms with van der Waals surface area (Å²) in [5, 5.41) is 17.8. The first kappa shape index (κ1) is 12.6. The number of carbonyl (C=O) groups is 1. The summed E-state index contributed by atoms with van der Waals surface area (Å²) in [6.07, 6.45) is -0.178. The van der Waals surface area contributed by atoms with Crippen LogP contribution in [-0.2, 0) is 10.2 Å². The van der Waals surface area contributed by atoms with Crippen LogP contribution in [0.4, 0.5) is 8.78 Å². The molecule has 0 amide bonds. The molecule has 0 aliphatic heterocycles.